The Balaban J connectivity index is 1.36. The van der Waals surface area contributed by atoms with Crippen molar-refractivity contribution in [1.82, 2.24) is 9.80 Å². The molecule has 2 saturated carbocycles. The van der Waals surface area contributed by atoms with Crippen molar-refractivity contribution in [2.45, 2.75) is 51.5 Å². The highest BCUT2D eigenvalue weighted by Crippen LogP contribution is 2.33. The van der Waals surface area contributed by atoms with Crippen LogP contribution in [0.3, 0.4) is 0 Å². The number of amides is 2. The van der Waals surface area contributed by atoms with Crippen LogP contribution in [0.25, 0.3) is 0 Å². The first kappa shape index (κ1) is 17.0. The van der Waals surface area contributed by atoms with E-state index in [1.54, 1.807) is 0 Å². The Hall–Kier alpha value is -1.40. The van der Waals surface area contributed by atoms with Crippen molar-refractivity contribution in [2.75, 3.05) is 31.5 Å². The fraction of sp³-hybridized carbons (Fsp3) is 0.684. The number of hydrogen-bond donors (Lipinski definition) is 1. The van der Waals surface area contributed by atoms with Gasteiger partial charge in [0.25, 0.3) is 5.91 Å². The third kappa shape index (κ3) is 3.75. The van der Waals surface area contributed by atoms with Gasteiger partial charge in [-0.05, 0) is 44.2 Å². The second-order valence-corrected chi connectivity index (χ2v) is 8.70. The van der Waals surface area contributed by atoms with Crippen LogP contribution < -0.4 is 5.32 Å². The standard InChI is InChI=1S/C19H27N3O2S/c1-13-12-16(20-18(23)14-6-7-14)25-17(13)19(24)22-10-8-21(9-11-22)15-4-2-3-5-15/h12,14-15H,2-11H2,1H3,(H,20,23). The molecule has 2 heterocycles. The number of carbonyl (C=O) groups is 2. The van der Waals surface area contributed by atoms with Gasteiger partial charge in [0.15, 0.2) is 0 Å². The molecule has 3 fully saturated rings. The van der Waals surface area contributed by atoms with Crippen molar-refractivity contribution < 1.29 is 9.59 Å². The van der Waals surface area contributed by atoms with Crippen LogP contribution in [0.2, 0.25) is 0 Å². The topological polar surface area (TPSA) is 52.7 Å². The summed E-state index contributed by atoms with van der Waals surface area (Å²) in [5.41, 5.74) is 0.972. The average molecular weight is 362 g/mol. The summed E-state index contributed by atoms with van der Waals surface area (Å²) < 4.78 is 0. The highest BCUT2D eigenvalue weighted by molar-refractivity contribution is 7.18. The largest absolute Gasteiger partial charge is 0.335 e. The number of rotatable bonds is 4. The molecule has 0 atom stereocenters. The van der Waals surface area contributed by atoms with Crippen LogP contribution in [0.15, 0.2) is 6.07 Å². The van der Waals surface area contributed by atoms with Gasteiger partial charge in [-0.25, -0.2) is 0 Å². The first-order chi connectivity index (χ1) is 12.1. The van der Waals surface area contributed by atoms with Crippen LogP contribution in [-0.4, -0.2) is 53.8 Å². The molecule has 136 valence electrons. The fourth-order valence-electron chi connectivity index (χ4n) is 4.03. The summed E-state index contributed by atoms with van der Waals surface area (Å²) in [5, 5.41) is 3.78. The molecule has 0 spiro atoms. The molecule has 1 N–H and O–H groups in total. The Morgan fingerprint density at radius 1 is 1.08 bits per heavy atom. The Morgan fingerprint density at radius 3 is 2.40 bits per heavy atom. The minimum absolute atomic E-state index is 0.102. The smallest absolute Gasteiger partial charge is 0.264 e. The molecule has 6 heteroatoms. The minimum atomic E-state index is 0.102. The van der Waals surface area contributed by atoms with Crippen LogP contribution in [0.5, 0.6) is 0 Å². The number of anilines is 1. The van der Waals surface area contributed by atoms with E-state index in [2.05, 4.69) is 10.2 Å². The first-order valence-electron chi connectivity index (χ1n) is 9.56. The monoisotopic (exact) mass is 361 g/mol. The molecule has 1 aromatic heterocycles. The summed E-state index contributed by atoms with van der Waals surface area (Å²) in [6, 6.07) is 2.68. The zero-order valence-electron chi connectivity index (χ0n) is 14.9. The van der Waals surface area contributed by atoms with Crippen molar-refractivity contribution >= 4 is 28.2 Å². The van der Waals surface area contributed by atoms with Crippen LogP contribution in [0, 0.1) is 12.8 Å². The van der Waals surface area contributed by atoms with Crippen LogP contribution in [0.4, 0.5) is 5.00 Å². The van der Waals surface area contributed by atoms with Gasteiger partial charge in [-0.3, -0.25) is 14.5 Å². The fourth-order valence-corrected chi connectivity index (χ4v) is 5.07. The van der Waals surface area contributed by atoms with E-state index < -0.39 is 0 Å². The second kappa shape index (κ2) is 7.08. The van der Waals surface area contributed by atoms with Crippen molar-refractivity contribution in [3.05, 3.63) is 16.5 Å². The number of hydrogen-bond acceptors (Lipinski definition) is 4. The van der Waals surface area contributed by atoms with Gasteiger partial charge in [0, 0.05) is 38.1 Å². The van der Waals surface area contributed by atoms with Gasteiger partial charge in [0.1, 0.15) is 0 Å². The molecule has 1 saturated heterocycles. The van der Waals surface area contributed by atoms with E-state index in [-0.39, 0.29) is 17.7 Å². The summed E-state index contributed by atoms with van der Waals surface area (Å²) in [4.78, 5) is 30.2. The van der Waals surface area contributed by atoms with E-state index in [0.29, 0.717) is 0 Å². The molecule has 0 unspecified atom stereocenters. The molecule has 2 amide bonds. The number of nitrogens with zero attached hydrogens (tertiary/aromatic N) is 2. The third-order valence-electron chi connectivity index (χ3n) is 5.75. The molecule has 1 aromatic rings. The van der Waals surface area contributed by atoms with Crippen molar-refractivity contribution in [3.8, 4) is 0 Å². The zero-order valence-corrected chi connectivity index (χ0v) is 15.7. The number of nitrogens with one attached hydrogen (secondary N) is 1. The van der Waals surface area contributed by atoms with Gasteiger partial charge in [-0.1, -0.05) is 12.8 Å². The molecule has 0 aromatic carbocycles. The van der Waals surface area contributed by atoms with Gasteiger partial charge in [-0.15, -0.1) is 11.3 Å². The van der Waals surface area contributed by atoms with E-state index in [4.69, 9.17) is 0 Å². The maximum atomic E-state index is 12.9. The maximum Gasteiger partial charge on any atom is 0.264 e. The van der Waals surface area contributed by atoms with Crippen molar-refractivity contribution in [1.29, 1.82) is 0 Å². The molecule has 2 aliphatic carbocycles. The molecular formula is C19H27N3O2S. The van der Waals surface area contributed by atoms with Gasteiger partial charge in [-0.2, -0.15) is 0 Å². The van der Waals surface area contributed by atoms with Gasteiger partial charge in [0.2, 0.25) is 5.91 Å². The maximum absolute atomic E-state index is 12.9. The van der Waals surface area contributed by atoms with Crippen molar-refractivity contribution in [3.63, 3.8) is 0 Å². The molecule has 25 heavy (non-hydrogen) atoms. The summed E-state index contributed by atoms with van der Waals surface area (Å²) in [6.45, 7) is 5.58. The zero-order chi connectivity index (χ0) is 17.4. The van der Waals surface area contributed by atoms with E-state index in [1.807, 2.05) is 17.9 Å². The Morgan fingerprint density at radius 2 is 1.76 bits per heavy atom. The lowest BCUT2D eigenvalue weighted by atomic mass is 10.1. The third-order valence-corrected chi connectivity index (χ3v) is 6.89. The molecule has 5 nitrogen and oxygen atoms in total. The molecule has 0 bridgehead atoms. The molecule has 4 rings (SSSR count). The van der Waals surface area contributed by atoms with Gasteiger partial charge >= 0.3 is 0 Å². The minimum Gasteiger partial charge on any atom is -0.335 e. The first-order valence-corrected chi connectivity index (χ1v) is 10.4. The molecule has 3 aliphatic rings. The molecule has 0 radical (unpaired) electrons. The van der Waals surface area contributed by atoms with Crippen molar-refractivity contribution in [2.24, 2.45) is 5.92 Å². The highest BCUT2D eigenvalue weighted by Gasteiger charge is 2.31. The normalized spacial score (nSPS) is 22.4. The summed E-state index contributed by atoms with van der Waals surface area (Å²) in [6.07, 6.45) is 7.34. The summed E-state index contributed by atoms with van der Waals surface area (Å²) in [7, 11) is 0. The lowest BCUT2D eigenvalue weighted by Crippen LogP contribution is -2.51. The van der Waals surface area contributed by atoms with Crippen LogP contribution in [0.1, 0.15) is 53.8 Å². The number of piperazine rings is 1. The summed E-state index contributed by atoms with van der Waals surface area (Å²) >= 11 is 1.42. The molecule has 1 aliphatic heterocycles. The highest BCUT2D eigenvalue weighted by atomic mass is 32.1. The Bertz CT molecular complexity index is 654. The van der Waals surface area contributed by atoms with Crippen LogP contribution >= 0.6 is 11.3 Å². The van der Waals surface area contributed by atoms with E-state index in [1.165, 1.54) is 37.0 Å². The quantitative estimate of drug-likeness (QED) is 0.896. The average Bonchev–Trinajstić information content (AvgIpc) is 3.21. The number of aryl methyl sites for hydroxylation is 1. The van der Waals surface area contributed by atoms with E-state index in [0.717, 1.165) is 60.5 Å². The van der Waals surface area contributed by atoms with E-state index in [9.17, 15) is 9.59 Å². The predicted molar refractivity (Wildman–Crippen MR) is 100 cm³/mol. The van der Waals surface area contributed by atoms with Gasteiger partial charge in [0.05, 0.1) is 9.88 Å². The Labute approximate surface area is 153 Å². The number of carbonyl (C=O) groups excluding carboxylic acids is 2. The molecular weight excluding hydrogens is 334 g/mol. The van der Waals surface area contributed by atoms with Crippen LogP contribution in [-0.2, 0) is 4.79 Å². The van der Waals surface area contributed by atoms with Gasteiger partial charge < -0.3 is 10.2 Å². The SMILES string of the molecule is Cc1cc(NC(=O)C2CC2)sc1C(=O)N1CCN(C2CCCC2)CC1. The predicted octanol–water partition coefficient (Wildman–Crippen LogP) is 3.11. The Kier molecular flexibility index (Phi) is 4.82. The van der Waals surface area contributed by atoms with E-state index >= 15 is 0 Å². The lowest BCUT2D eigenvalue weighted by molar-refractivity contribution is -0.117. The second-order valence-electron chi connectivity index (χ2n) is 7.65. The summed E-state index contributed by atoms with van der Waals surface area (Å²) in [5.74, 6) is 0.413. The lowest BCUT2D eigenvalue weighted by Gasteiger charge is -2.38. The number of thiophene rings is 1.